The summed E-state index contributed by atoms with van der Waals surface area (Å²) in [5, 5.41) is 13.4. The molecule has 0 fully saturated rings. The Morgan fingerprint density at radius 3 is 2.57 bits per heavy atom. The van der Waals surface area contributed by atoms with Crippen LogP contribution in [0.2, 0.25) is 0 Å². The Kier molecular flexibility index (Phi) is 4.33. The molecule has 2 aromatic carbocycles. The van der Waals surface area contributed by atoms with E-state index < -0.39 is 11.7 Å². The van der Waals surface area contributed by atoms with Crippen LogP contribution in [0.3, 0.4) is 0 Å². The highest BCUT2D eigenvalue weighted by Crippen LogP contribution is 2.15. The maximum absolute atomic E-state index is 13.6. The lowest BCUT2D eigenvalue weighted by Crippen LogP contribution is -2.19. The molecule has 0 saturated carbocycles. The number of rotatable bonds is 3. The van der Waals surface area contributed by atoms with E-state index in [1.807, 2.05) is 6.92 Å². The van der Waals surface area contributed by atoms with Crippen molar-refractivity contribution in [2.45, 2.75) is 13.8 Å². The van der Waals surface area contributed by atoms with Gasteiger partial charge in [0, 0.05) is 5.56 Å². The highest BCUT2D eigenvalue weighted by Gasteiger charge is 2.10. The Bertz CT molecular complexity index is 711. The SMILES string of the molecule is Cc1ccc(C(=O)N/N=C/c2cc(C)ccc2O)c(F)c1. The van der Waals surface area contributed by atoms with Gasteiger partial charge in [-0.15, -0.1) is 0 Å². The fourth-order valence-electron chi connectivity index (χ4n) is 1.80. The van der Waals surface area contributed by atoms with Gasteiger partial charge in [0.15, 0.2) is 0 Å². The summed E-state index contributed by atoms with van der Waals surface area (Å²) in [5.41, 5.74) is 4.31. The first-order valence-corrected chi connectivity index (χ1v) is 6.36. The normalized spacial score (nSPS) is 10.8. The van der Waals surface area contributed by atoms with E-state index in [9.17, 15) is 14.3 Å². The molecule has 0 unspecified atom stereocenters. The average molecular weight is 286 g/mol. The van der Waals surface area contributed by atoms with Gasteiger partial charge in [-0.05, 0) is 43.7 Å². The van der Waals surface area contributed by atoms with Crippen molar-refractivity contribution >= 4 is 12.1 Å². The Morgan fingerprint density at radius 2 is 1.86 bits per heavy atom. The second-order valence-electron chi connectivity index (χ2n) is 4.74. The van der Waals surface area contributed by atoms with Crippen molar-refractivity contribution in [3.8, 4) is 5.75 Å². The van der Waals surface area contributed by atoms with Crippen molar-refractivity contribution in [1.82, 2.24) is 5.43 Å². The number of nitrogens with one attached hydrogen (secondary N) is 1. The van der Waals surface area contributed by atoms with E-state index in [1.54, 1.807) is 25.1 Å². The molecule has 0 aliphatic heterocycles. The number of nitrogens with zero attached hydrogens (tertiary/aromatic N) is 1. The van der Waals surface area contributed by atoms with Gasteiger partial charge in [0.1, 0.15) is 11.6 Å². The van der Waals surface area contributed by atoms with E-state index in [-0.39, 0.29) is 11.3 Å². The van der Waals surface area contributed by atoms with Gasteiger partial charge in [-0.25, -0.2) is 9.82 Å². The van der Waals surface area contributed by atoms with Gasteiger partial charge < -0.3 is 5.11 Å². The van der Waals surface area contributed by atoms with Gasteiger partial charge in [-0.3, -0.25) is 4.79 Å². The number of halogens is 1. The van der Waals surface area contributed by atoms with Crippen LogP contribution < -0.4 is 5.43 Å². The molecule has 108 valence electrons. The van der Waals surface area contributed by atoms with Gasteiger partial charge in [-0.1, -0.05) is 17.7 Å². The molecule has 0 aromatic heterocycles. The summed E-state index contributed by atoms with van der Waals surface area (Å²) in [6, 6.07) is 9.35. The van der Waals surface area contributed by atoms with Crippen molar-refractivity contribution in [3.63, 3.8) is 0 Å². The summed E-state index contributed by atoms with van der Waals surface area (Å²) >= 11 is 0. The lowest BCUT2D eigenvalue weighted by atomic mass is 10.1. The summed E-state index contributed by atoms with van der Waals surface area (Å²) in [7, 11) is 0. The van der Waals surface area contributed by atoms with Crippen LogP contribution in [-0.4, -0.2) is 17.2 Å². The maximum atomic E-state index is 13.6. The summed E-state index contributed by atoms with van der Waals surface area (Å²) < 4.78 is 13.6. The zero-order valence-corrected chi connectivity index (χ0v) is 11.7. The summed E-state index contributed by atoms with van der Waals surface area (Å²) in [6.45, 7) is 3.61. The van der Waals surface area contributed by atoms with Crippen LogP contribution >= 0.6 is 0 Å². The molecule has 5 heteroatoms. The second kappa shape index (κ2) is 6.17. The lowest BCUT2D eigenvalue weighted by molar-refractivity contribution is 0.0951. The van der Waals surface area contributed by atoms with Gasteiger partial charge in [0.05, 0.1) is 11.8 Å². The zero-order valence-electron chi connectivity index (χ0n) is 11.7. The number of hydrogen-bond acceptors (Lipinski definition) is 3. The van der Waals surface area contributed by atoms with Gasteiger partial charge in [-0.2, -0.15) is 5.10 Å². The number of carbonyl (C=O) groups excluding carboxylic acids is 1. The van der Waals surface area contributed by atoms with E-state index in [0.29, 0.717) is 5.56 Å². The van der Waals surface area contributed by atoms with Gasteiger partial charge in [0.25, 0.3) is 5.91 Å². The predicted octanol–water partition coefficient (Wildman–Crippen LogP) is 2.91. The third kappa shape index (κ3) is 3.66. The second-order valence-corrected chi connectivity index (χ2v) is 4.74. The van der Waals surface area contributed by atoms with Crippen LogP contribution in [0.25, 0.3) is 0 Å². The molecule has 0 atom stereocenters. The molecule has 0 spiro atoms. The number of aryl methyl sites for hydroxylation is 2. The van der Waals surface area contributed by atoms with Crippen molar-refractivity contribution < 1.29 is 14.3 Å². The van der Waals surface area contributed by atoms with Crippen LogP contribution in [0.1, 0.15) is 27.0 Å². The minimum atomic E-state index is -0.643. The number of hydrogen-bond donors (Lipinski definition) is 2. The molecule has 0 aliphatic carbocycles. The van der Waals surface area contributed by atoms with Crippen molar-refractivity contribution in [3.05, 3.63) is 64.5 Å². The number of hydrazone groups is 1. The Balaban J connectivity index is 2.10. The molecule has 2 aromatic rings. The van der Waals surface area contributed by atoms with Crippen LogP contribution in [0, 0.1) is 19.7 Å². The van der Waals surface area contributed by atoms with Gasteiger partial charge >= 0.3 is 0 Å². The fourth-order valence-corrected chi connectivity index (χ4v) is 1.80. The van der Waals surface area contributed by atoms with E-state index in [1.165, 1.54) is 24.4 Å². The topological polar surface area (TPSA) is 61.7 Å². The van der Waals surface area contributed by atoms with E-state index in [0.717, 1.165) is 11.1 Å². The lowest BCUT2D eigenvalue weighted by Gasteiger charge is -2.03. The summed E-state index contributed by atoms with van der Waals surface area (Å²) in [6.07, 6.45) is 1.31. The molecule has 2 rings (SSSR count). The number of amides is 1. The number of phenols is 1. The predicted molar refractivity (Wildman–Crippen MR) is 79.0 cm³/mol. The monoisotopic (exact) mass is 286 g/mol. The van der Waals surface area contributed by atoms with Crippen LogP contribution in [0.5, 0.6) is 5.75 Å². The summed E-state index contributed by atoms with van der Waals surface area (Å²) in [5.74, 6) is -1.18. The van der Waals surface area contributed by atoms with E-state index in [4.69, 9.17) is 0 Å². The molecule has 4 nitrogen and oxygen atoms in total. The van der Waals surface area contributed by atoms with Crippen molar-refractivity contribution in [2.24, 2.45) is 5.10 Å². The third-order valence-corrected chi connectivity index (χ3v) is 2.92. The van der Waals surface area contributed by atoms with Crippen LogP contribution in [-0.2, 0) is 0 Å². The van der Waals surface area contributed by atoms with E-state index in [2.05, 4.69) is 10.5 Å². The number of carbonyl (C=O) groups is 1. The molecule has 0 saturated heterocycles. The third-order valence-electron chi connectivity index (χ3n) is 2.92. The first kappa shape index (κ1) is 14.7. The molecule has 1 amide bonds. The van der Waals surface area contributed by atoms with Crippen molar-refractivity contribution in [1.29, 1.82) is 0 Å². The molecule has 21 heavy (non-hydrogen) atoms. The van der Waals surface area contributed by atoms with Crippen molar-refractivity contribution in [2.75, 3.05) is 0 Å². The fraction of sp³-hybridized carbons (Fsp3) is 0.125. The first-order valence-electron chi connectivity index (χ1n) is 6.36. The largest absolute Gasteiger partial charge is 0.507 e. The average Bonchev–Trinajstić information content (AvgIpc) is 2.42. The molecule has 0 radical (unpaired) electrons. The Hall–Kier alpha value is -2.69. The molecular formula is C16H15FN2O2. The quantitative estimate of drug-likeness (QED) is 0.673. The molecule has 0 bridgehead atoms. The minimum absolute atomic E-state index is 0.0557. The molecule has 0 aliphatic rings. The molecule has 0 heterocycles. The zero-order chi connectivity index (χ0) is 15.4. The Morgan fingerprint density at radius 1 is 1.19 bits per heavy atom. The summed E-state index contributed by atoms with van der Waals surface area (Å²) in [4.78, 5) is 11.8. The maximum Gasteiger partial charge on any atom is 0.274 e. The minimum Gasteiger partial charge on any atom is -0.507 e. The number of phenolic OH excluding ortho intramolecular Hbond substituents is 1. The van der Waals surface area contributed by atoms with Crippen LogP contribution in [0.4, 0.5) is 4.39 Å². The highest BCUT2D eigenvalue weighted by atomic mass is 19.1. The molecular weight excluding hydrogens is 271 g/mol. The van der Waals surface area contributed by atoms with Crippen LogP contribution in [0.15, 0.2) is 41.5 Å². The smallest absolute Gasteiger partial charge is 0.274 e. The standard InChI is InChI=1S/C16H15FN2O2/c1-10-4-6-15(20)12(7-10)9-18-19-16(21)13-5-3-11(2)8-14(13)17/h3-9,20H,1-2H3,(H,19,21)/b18-9+. The molecule has 2 N–H and O–H groups in total. The van der Waals surface area contributed by atoms with Gasteiger partial charge in [0.2, 0.25) is 0 Å². The highest BCUT2D eigenvalue weighted by molar-refractivity contribution is 5.95. The number of benzene rings is 2. The first-order chi connectivity index (χ1) is 9.97. The Labute approximate surface area is 121 Å². The van der Waals surface area contributed by atoms with E-state index >= 15 is 0 Å². The number of aromatic hydroxyl groups is 1.